The molecule has 3 rings (SSSR count). The summed E-state index contributed by atoms with van der Waals surface area (Å²) >= 11 is 0. The Bertz CT molecular complexity index is 819. The third kappa shape index (κ3) is 3.68. The first-order valence-corrected chi connectivity index (χ1v) is 8.39. The van der Waals surface area contributed by atoms with Crippen molar-refractivity contribution < 1.29 is 14.7 Å². The van der Waals surface area contributed by atoms with Gasteiger partial charge in [0.25, 0.3) is 0 Å². The number of piperidine rings is 1. The summed E-state index contributed by atoms with van der Waals surface area (Å²) in [6.07, 6.45) is 1.90. The Morgan fingerprint density at radius 2 is 2.00 bits per heavy atom. The molecule has 2 heterocycles. The second-order valence-electron chi connectivity index (χ2n) is 6.38. The highest BCUT2D eigenvalue weighted by atomic mass is 16.4. The van der Waals surface area contributed by atoms with E-state index >= 15 is 0 Å². The smallest absolute Gasteiger partial charge is 0.336 e. The van der Waals surface area contributed by atoms with E-state index in [0.29, 0.717) is 23.6 Å². The minimum absolute atomic E-state index is 0.0759. The highest BCUT2D eigenvalue weighted by molar-refractivity contribution is 5.95. The van der Waals surface area contributed by atoms with Crippen molar-refractivity contribution in [2.45, 2.75) is 32.6 Å². The Kier molecular flexibility index (Phi) is 4.79. The Labute approximate surface area is 146 Å². The van der Waals surface area contributed by atoms with Crippen LogP contribution in [0.3, 0.4) is 0 Å². The summed E-state index contributed by atoms with van der Waals surface area (Å²) < 4.78 is 0. The lowest BCUT2D eigenvalue weighted by molar-refractivity contribution is -0.130. The first-order chi connectivity index (χ1) is 12.0. The predicted molar refractivity (Wildman–Crippen MR) is 93.4 cm³/mol. The van der Waals surface area contributed by atoms with Gasteiger partial charge in [0.15, 0.2) is 0 Å². The van der Waals surface area contributed by atoms with E-state index in [4.69, 9.17) is 0 Å². The summed E-state index contributed by atoms with van der Waals surface area (Å²) in [5.74, 6) is -0.150. The van der Waals surface area contributed by atoms with E-state index in [-0.39, 0.29) is 17.4 Å². The zero-order valence-electron chi connectivity index (χ0n) is 14.4. The molecule has 0 radical (unpaired) electrons. The van der Waals surface area contributed by atoms with Gasteiger partial charge in [0, 0.05) is 37.2 Å². The molecule has 130 valence electrons. The molecule has 2 aromatic rings. The molecule has 6 heteroatoms. The molecule has 1 N–H and O–H groups in total. The first-order valence-electron chi connectivity index (χ1n) is 8.39. The Morgan fingerprint density at radius 1 is 1.24 bits per heavy atom. The maximum Gasteiger partial charge on any atom is 0.336 e. The van der Waals surface area contributed by atoms with Crippen molar-refractivity contribution in [3.05, 3.63) is 47.4 Å². The van der Waals surface area contributed by atoms with Gasteiger partial charge < -0.3 is 10.0 Å². The normalized spacial score (nSPS) is 17.4. The maximum absolute atomic E-state index is 11.7. The quantitative estimate of drug-likeness (QED) is 0.929. The molecule has 1 aromatic heterocycles. The van der Waals surface area contributed by atoms with Crippen LogP contribution in [0.4, 0.5) is 0 Å². The fraction of sp³-hybridized carbons (Fsp3) is 0.368. The van der Waals surface area contributed by atoms with Gasteiger partial charge in [0.2, 0.25) is 5.91 Å². The molecule has 1 fully saturated rings. The molecule has 0 aliphatic carbocycles. The number of aromatic nitrogens is 2. The molecule has 6 nitrogen and oxygen atoms in total. The van der Waals surface area contributed by atoms with Gasteiger partial charge in [-0.1, -0.05) is 18.2 Å². The number of rotatable bonds is 3. The number of carbonyl (C=O) groups excluding carboxylic acids is 1. The molecular formula is C19H21N3O3. The third-order valence-corrected chi connectivity index (χ3v) is 4.58. The molecule has 1 aliphatic heterocycles. The van der Waals surface area contributed by atoms with Gasteiger partial charge in [0.1, 0.15) is 5.82 Å². The lowest BCUT2D eigenvalue weighted by atomic mass is 9.93. The molecule has 25 heavy (non-hydrogen) atoms. The zero-order valence-corrected chi connectivity index (χ0v) is 14.4. The predicted octanol–water partition coefficient (Wildman–Crippen LogP) is 2.88. The topological polar surface area (TPSA) is 83.4 Å². The highest BCUT2D eigenvalue weighted by Gasteiger charge is 2.25. The summed E-state index contributed by atoms with van der Waals surface area (Å²) in [7, 11) is 0. The van der Waals surface area contributed by atoms with Gasteiger partial charge in [-0.05, 0) is 31.9 Å². The van der Waals surface area contributed by atoms with Crippen LogP contribution in [-0.2, 0) is 4.79 Å². The van der Waals surface area contributed by atoms with E-state index in [0.717, 1.165) is 25.1 Å². The van der Waals surface area contributed by atoms with Crippen LogP contribution >= 0.6 is 0 Å². The van der Waals surface area contributed by atoms with Crippen molar-refractivity contribution in [1.29, 1.82) is 0 Å². The lowest BCUT2D eigenvalue weighted by Crippen LogP contribution is -2.37. The van der Waals surface area contributed by atoms with Gasteiger partial charge >= 0.3 is 5.97 Å². The highest BCUT2D eigenvalue weighted by Crippen LogP contribution is 2.29. The molecule has 1 aromatic carbocycles. The molecule has 1 amide bonds. The summed E-state index contributed by atoms with van der Waals surface area (Å²) in [5.41, 5.74) is 2.29. The number of aryl methyl sites for hydroxylation is 1. The Morgan fingerprint density at radius 3 is 2.72 bits per heavy atom. The molecule has 0 bridgehead atoms. The second kappa shape index (κ2) is 7.01. The van der Waals surface area contributed by atoms with Crippen LogP contribution in [-0.4, -0.2) is 44.9 Å². The average molecular weight is 339 g/mol. The largest absolute Gasteiger partial charge is 0.478 e. The number of hydrogen-bond donors (Lipinski definition) is 1. The number of aromatic carboxylic acids is 1. The molecule has 1 saturated heterocycles. The van der Waals surface area contributed by atoms with Crippen molar-refractivity contribution in [1.82, 2.24) is 14.9 Å². The van der Waals surface area contributed by atoms with E-state index in [9.17, 15) is 14.7 Å². The van der Waals surface area contributed by atoms with Gasteiger partial charge in [-0.2, -0.15) is 0 Å². The van der Waals surface area contributed by atoms with Crippen LogP contribution in [0.1, 0.15) is 47.6 Å². The third-order valence-electron chi connectivity index (χ3n) is 4.58. The van der Waals surface area contributed by atoms with E-state index < -0.39 is 5.97 Å². The van der Waals surface area contributed by atoms with Gasteiger partial charge in [0.05, 0.1) is 11.3 Å². The van der Waals surface area contributed by atoms with Crippen molar-refractivity contribution in [3.8, 4) is 11.3 Å². The van der Waals surface area contributed by atoms with Crippen molar-refractivity contribution >= 4 is 11.9 Å². The van der Waals surface area contributed by atoms with E-state index in [1.54, 1.807) is 31.2 Å². The number of likely N-dealkylation sites (tertiary alicyclic amines) is 1. The minimum Gasteiger partial charge on any atom is -0.478 e. The fourth-order valence-corrected chi connectivity index (χ4v) is 3.34. The maximum atomic E-state index is 11.7. The summed E-state index contributed by atoms with van der Waals surface area (Å²) in [6, 6.07) is 8.71. The fourth-order valence-electron chi connectivity index (χ4n) is 3.34. The number of nitrogens with zero attached hydrogens (tertiary/aromatic N) is 3. The van der Waals surface area contributed by atoms with Crippen molar-refractivity contribution in [2.75, 3.05) is 13.1 Å². The second-order valence-corrected chi connectivity index (χ2v) is 6.38. The SMILES string of the molecule is CC(=O)N1CCC[C@H](c2cc(-c3ccccc3C(=O)O)nc(C)n2)C1. The van der Waals surface area contributed by atoms with Gasteiger partial charge in [-0.3, -0.25) is 4.79 Å². The van der Waals surface area contributed by atoms with Crippen LogP contribution in [0.15, 0.2) is 30.3 Å². The molecular weight excluding hydrogens is 318 g/mol. The molecule has 0 saturated carbocycles. The molecule has 0 unspecified atom stereocenters. The summed E-state index contributed by atoms with van der Waals surface area (Å²) in [4.78, 5) is 34.0. The van der Waals surface area contributed by atoms with Crippen LogP contribution < -0.4 is 0 Å². The Hall–Kier alpha value is -2.76. The van der Waals surface area contributed by atoms with Crippen LogP contribution in [0, 0.1) is 6.92 Å². The summed E-state index contributed by atoms with van der Waals surface area (Å²) in [5, 5.41) is 9.42. The van der Waals surface area contributed by atoms with E-state index in [1.807, 2.05) is 17.9 Å². The molecule has 0 spiro atoms. The summed E-state index contributed by atoms with van der Waals surface area (Å²) in [6.45, 7) is 4.82. The monoisotopic (exact) mass is 339 g/mol. The average Bonchev–Trinajstić information content (AvgIpc) is 2.61. The van der Waals surface area contributed by atoms with E-state index in [2.05, 4.69) is 9.97 Å². The number of carboxylic acids is 1. The lowest BCUT2D eigenvalue weighted by Gasteiger charge is -2.32. The number of carbonyl (C=O) groups is 2. The van der Waals surface area contributed by atoms with Gasteiger partial charge in [-0.15, -0.1) is 0 Å². The number of amides is 1. The first kappa shape index (κ1) is 17.1. The minimum atomic E-state index is -0.978. The number of carboxylic acid groups (broad SMARTS) is 1. The standard InChI is InChI=1S/C19H21N3O3/c1-12-20-17(14-6-5-9-22(11-14)13(2)23)10-18(21-12)15-7-3-4-8-16(15)19(24)25/h3-4,7-8,10,14H,5-6,9,11H2,1-2H3,(H,24,25)/t14-/m0/s1. The van der Waals surface area contributed by atoms with Crippen LogP contribution in [0.2, 0.25) is 0 Å². The van der Waals surface area contributed by atoms with E-state index in [1.165, 1.54) is 0 Å². The van der Waals surface area contributed by atoms with Crippen molar-refractivity contribution in [2.24, 2.45) is 0 Å². The van der Waals surface area contributed by atoms with Crippen LogP contribution in [0.5, 0.6) is 0 Å². The molecule has 1 aliphatic rings. The molecule has 1 atom stereocenters. The number of hydrogen-bond acceptors (Lipinski definition) is 4. The van der Waals surface area contributed by atoms with Gasteiger partial charge in [-0.25, -0.2) is 14.8 Å². The zero-order chi connectivity index (χ0) is 18.0. The Balaban J connectivity index is 1.99. The van der Waals surface area contributed by atoms with Crippen LogP contribution in [0.25, 0.3) is 11.3 Å². The van der Waals surface area contributed by atoms with Crippen molar-refractivity contribution in [3.63, 3.8) is 0 Å². The number of benzene rings is 1.